The predicted molar refractivity (Wildman–Crippen MR) is 79.3 cm³/mol. The summed E-state index contributed by atoms with van der Waals surface area (Å²) in [6.07, 6.45) is 0. The van der Waals surface area contributed by atoms with Crippen molar-refractivity contribution in [3.63, 3.8) is 0 Å². The molecule has 0 heterocycles. The van der Waals surface area contributed by atoms with Crippen molar-refractivity contribution in [2.24, 2.45) is 5.41 Å². The molecular formula is C15H26N2O. The number of aliphatic hydroxyl groups is 1. The first-order valence-electron chi connectivity index (χ1n) is 6.53. The number of anilines is 2. The molecule has 0 bridgehead atoms. The lowest BCUT2D eigenvalue weighted by molar-refractivity contribution is 0.304. The van der Waals surface area contributed by atoms with Gasteiger partial charge in [0.15, 0.2) is 0 Å². The lowest BCUT2D eigenvalue weighted by Gasteiger charge is -2.29. The van der Waals surface area contributed by atoms with Crippen LogP contribution in [0.25, 0.3) is 0 Å². The Bertz CT molecular complexity index is 354. The summed E-state index contributed by atoms with van der Waals surface area (Å²) in [5.74, 6) is 0. The summed E-state index contributed by atoms with van der Waals surface area (Å²) in [6.45, 7) is 9.73. The largest absolute Gasteiger partial charge is 0.395 e. The Balaban J connectivity index is 2.66. The minimum absolute atomic E-state index is 0.178. The van der Waals surface area contributed by atoms with Crippen molar-refractivity contribution in [3.05, 3.63) is 24.3 Å². The number of hydrogen-bond acceptors (Lipinski definition) is 3. The molecule has 2 N–H and O–H groups in total. The maximum absolute atomic E-state index is 8.91. The lowest BCUT2D eigenvalue weighted by atomic mass is 9.88. The smallest absolute Gasteiger partial charge is 0.0606 e. The van der Waals surface area contributed by atoms with Gasteiger partial charge in [-0.2, -0.15) is 0 Å². The monoisotopic (exact) mass is 250 g/mol. The fraction of sp³-hybridized carbons (Fsp3) is 0.600. The van der Waals surface area contributed by atoms with Gasteiger partial charge >= 0.3 is 0 Å². The lowest BCUT2D eigenvalue weighted by Crippen LogP contribution is -2.30. The highest BCUT2D eigenvalue weighted by Crippen LogP contribution is 2.24. The molecule has 0 aliphatic heterocycles. The summed E-state index contributed by atoms with van der Waals surface area (Å²) in [7, 11) is 1.98. The molecule has 0 fully saturated rings. The first-order valence-corrected chi connectivity index (χ1v) is 6.53. The molecule has 1 atom stereocenters. The minimum atomic E-state index is 0.178. The summed E-state index contributed by atoms with van der Waals surface area (Å²) in [6, 6.07) is 8.75. The Hall–Kier alpha value is -1.22. The normalized spacial score (nSPS) is 13.2. The Kier molecular flexibility index (Phi) is 5.03. The molecule has 1 aromatic carbocycles. The Morgan fingerprint density at radius 3 is 2.22 bits per heavy atom. The first-order chi connectivity index (χ1) is 8.34. The van der Waals surface area contributed by atoms with E-state index in [1.165, 1.54) is 0 Å². The summed E-state index contributed by atoms with van der Waals surface area (Å²) in [5, 5.41) is 12.4. The number of aliphatic hydroxyl groups excluding tert-OH is 1. The molecule has 0 radical (unpaired) electrons. The van der Waals surface area contributed by atoms with Crippen LogP contribution in [0.15, 0.2) is 24.3 Å². The van der Waals surface area contributed by atoms with Crippen LogP contribution in [0, 0.1) is 5.41 Å². The highest BCUT2D eigenvalue weighted by atomic mass is 16.3. The number of nitrogens with one attached hydrogen (secondary N) is 1. The SMILES string of the molecule is CC(Nc1ccc(N(C)CCO)cc1)C(C)(C)C. The van der Waals surface area contributed by atoms with Gasteiger partial charge in [-0.3, -0.25) is 0 Å². The zero-order chi connectivity index (χ0) is 13.8. The van der Waals surface area contributed by atoms with Crippen molar-refractivity contribution in [1.29, 1.82) is 0 Å². The second-order valence-corrected chi connectivity index (χ2v) is 5.92. The molecule has 18 heavy (non-hydrogen) atoms. The average Bonchev–Trinajstić information content (AvgIpc) is 2.29. The van der Waals surface area contributed by atoms with E-state index in [-0.39, 0.29) is 12.0 Å². The van der Waals surface area contributed by atoms with Crippen LogP contribution in [0.2, 0.25) is 0 Å². The van der Waals surface area contributed by atoms with E-state index >= 15 is 0 Å². The van der Waals surface area contributed by atoms with Crippen LogP contribution in [-0.2, 0) is 0 Å². The summed E-state index contributed by atoms with van der Waals surface area (Å²) < 4.78 is 0. The molecule has 3 heteroatoms. The summed E-state index contributed by atoms with van der Waals surface area (Å²) in [4.78, 5) is 2.04. The minimum Gasteiger partial charge on any atom is -0.395 e. The van der Waals surface area contributed by atoms with Gasteiger partial charge in [0.25, 0.3) is 0 Å². The Labute approximate surface area is 111 Å². The Morgan fingerprint density at radius 1 is 1.22 bits per heavy atom. The molecule has 1 unspecified atom stereocenters. The van der Waals surface area contributed by atoms with E-state index in [9.17, 15) is 0 Å². The van der Waals surface area contributed by atoms with Gasteiger partial charge in [-0.15, -0.1) is 0 Å². The fourth-order valence-corrected chi connectivity index (χ4v) is 1.56. The topological polar surface area (TPSA) is 35.5 Å². The van der Waals surface area contributed by atoms with E-state index in [2.05, 4.69) is 57.3 Å². The molecule has 102 valence electrons. The van der Waals surface area contributed by atoms with E-state index in [1.807, 2.05) is 11.9 Å². The van der Waals surface area contributed by atoms with Crippen molar-refractivity contribution in [2.75, 3.05) is 30.4 Å². The maximum atomic E-state index is 8.91. The summed E-state index contributed by atoms with van der Waals surface area (Å²) in [5.41, 5.74) is 2.50. The van der Waals surface area contributed by atoms with Crippen LogP contribution in [-0.4, -0.2) is 31.3 Å². The third-order valence-electron chi connectivity index (χ3n) is 3.43. The van der Waals surface area contributed by atoms with E-state index in [1.54, 1.807) is 0 Å². The molecule has 3 nitrogen and oxygen atoms in total. The van der Waals surface area contributed by atoms with E-state index in [0.29, 0.717) is 12.6 Å². The quantitative estimate of drug-likeness (QED) is 0.843. The van der Waals surface area contributed by atoms with Crippen molar-refractivity contribution >= 4 is 11.4 Å². The van der Waals surface area contributed by atoms with Gasteiger partial charge in [0, 0.05) is 31.0 Å². The van der Waals surface area contributed by atoms with Crippen LogP contribution in [0.5, 0.6) is 0 Å². The fourth-order valence-electron chi connectivity index (χ4n) is 1.56. The molecule has 1 aromatic rings. The molecule has 0 aliphatic rings. The molecule has 0 aromatic heterocycles. The highest BCUT2D eigenvalue weighted by Gasteiger charge is 2.19. The van der Waals surface area contributed by atoms with Crippen molar-refractivity contribution in [1.82, 2.24) is 0 Å². The standard InChI is InChI=1S/C15H26N2O/c1-12(15(2,3)4)16-13-6-8-14(9-7-13)17(5)10-11-18/h6-9,12,16,18H,10-11H2,1-5H3. The third kappa shape index (κ3) is 4.22. The molecule has 0 aliphatic carbocycles. The number of likely N-dealkylation sites (N-methyl/N-ethyl adjacent to an activating group) is 1. The van der Waals surface area contributed by atoms with Crippen LogP contribution < -0.4 is 10.2 Å². The molecule has 0 spiro atoms. The van der Waals surface area contributed by atoms with Crippen LogP contribution >= 0.6 is 0 Å². The van der Waals surface area contributed by atoms with Crippen LogP contribution in [0.3, 0.4) is 0 Å². The van der Waals surface area contributed by atoms with Crippen LogP contribution in [0.1, 0.15) is 27.7 Å². The molecule has 0 amide bonds. The van der Waals surface area contributed by atoms with E-state index in [0.717, 1.165) is 11.4 Å². The third-order valence-corrected chi connectivity index (χ3v) is 3.43. The Morgan fingerprint density at radius 2 is 1.78 bits per heavy atom. The van der Waals surface area contributed by atoms with Crippen molar-refractivity contribution in [2.45, 2.75) is 33.7 Å². The number of hydrogen-bond donors (Lipinski definition) is 2. The molecular weight excluding hydrogens is 224 g/mol. The molecule has 0 saturated carbocycles. The van der Waals surface area contributed by atoms with Gasteiger partial charge in [0.1, 0.15) is 0 Å². The molecule has 1 rings (SSSR count). The van der Waals surface area contributed by atoms with Crippen molar-refractivity contribution < 1.29 is 5.11 Å². The van der Waals surface area contributed by atoms with Crippen LogP contribution in [0.4, 0.5) is 11.4 Å². The van der Waals surface area contributed by atoms with Gasteiger partial charge < -0.3 is 15.3 Å². The number of rotatable bonds is 5. The second-order valence-electron chi connectivity index (χ2n) is 5.92. The maximum Gasteiger partial charge on any atom is 0.0606 e. The second kappa shape index (κ2) is 6.10. The summed E-state index contributed by atoms with van der Waals surface area (Å²) >= 11 is 0. The predicted octanol–water partition coefficient (Wildman–Crippen LogP) is 2.96. The van der Waals surface area contributed by atoms with Gasteiger partial charge in [-0.1, -0.05) is 20.8 Å². The van der Waals surface area contributed by atoms with E-state index < -0.39 is 0 Å². The van der Waals surface area contributed by atoms with E-state index in [4.69, 9.17) is 5.11 Å². The molecule has 0 saturated heterocycles. The van der Waals surface area contributed by atoms with Gasteiger partial charge in [0.2, 0.25) is 0 Å². The van der Waals surface area contributed by atoms with Gasteiger partial charge in [-0.05, 0) is 36.6 Å². The number of benzene rings is 1. The highest BCUT2D eigenvalue weighted by molar-refractivity contribution is 5.55. The van der Waals surface area contributed by atoms with Gasteiger partial charge in [0.05, 0.1) is 6.61 Å². The zero-order valence-corrected chi connectivity index (χ0v) is 12.2. The number of nitrogens with zero attached hydrogens (tertiary/aromatic N) is 1. The van der Waals surface area contributed by atoms with Gasteiger partial charge in [-0.25, -0.2) is 0 Å². The van der Waals surface area contributed by atoms with Crippen molar-refractivity contribution in [3.8, 4) is 0 Å². The zero-order valence-electron chi connectivity index (χ0n) is 12.2. The first kappa shape index (κ1) is 14.8. The average molecular weight is 250 g/mol.